The summed E-state index contributed by atoms with van der Waals surface area (Å²) >= 11 is 0. The van der Waals surface area contributed by atoms with Gasteiger partial charge in [0.1, 0.15) is 18.2 Å². The Labute approximate surface area is 183 Å². The molecule has 2 unspecified atom stereocenters. The highest BCUT2D eigenvalue weighted by Crippen LogP contribution is 2.52. The summed E-state index contributed by atoms with van der Waals surface area (Å²) in [5, 5.41) is 8.62. The fraction of sp³-hybridized carbons (Fsp3) is 0.429. The van der Waals surface area contributed by atoms with Gasteiger partial charge in [-0.3, -0.25) is 19.5 Å². The van der Waals surface area contributed by atoms with E-state index in [9.17, 15) is 18.4 Å². The molecule has 2 amide bonds. The maximum absolute atomic E-state index is 13.4. The summed E-state index contributed by atoms with van der Waals surface area (Å²) in [4.78, 5) is 31.1. The molecule has 0 spiro atoms. The maximum Gasteiger partial charge on any atom is 0.291 e. The molecule has 1 saturated carbocycles. The summed E-state index contributed by atoms with van der Waals surface area (Å²) < 4.78 is 28.4. The highest BCUT2D eigenvalue weighted by atomic mass is 19.3. The highest BCUT2D eigenvalue weighted by molar-refractivity contribution is 5.95. The van der Waals surface area contributed by atoms with E-state index in [0.717, 1.165) is 5.56 Å². The lowest BCUT2D eigenvalue weighted by atomic mass is 10.1. The molecule has 168 valence electrons. The van der Waals surface area contributed by atoms with E-state index in [1.165, 1.54) is 11.2 Å². The number of carbonyl (C=O) groups excluding carboxylic acids is 2. The van der Waals surface area contributed by atoms with E-state index < -0.39 is 29.8 Å². The van der Waals surface area contributed by atoms with Gasteiger partial charge in [0.2, 0.25) is 5.82 Å². The topological polar surface area (TPSA) is 95.4 Å². The molecule has 3 atom stereocenters. The summed E-state index contributed by atoms with van der Waals surface area (Å²) in [5.41, 5.74) is 4.08. The Kier molecular flexibility index (Phi) is 4.92. The molecule has 0 bridgehead atoms. The number of aromatic nitrogens is 3. The summed E-state index contributed by atoms with van der Waals surface area (Å²) in [5.74, 6) is -3.75. The van der Waals surface area contributed by atoms with Crippen LogP contribution in [0.3, 0.4) is 0 Å². The Hall–Kier alpha value is -3.34. The largest absolute Gasteiger partial charge is 0.337 e. The second-order valence-electron chi connectivity index (χ2n) is 8.37. The summed E-state index contributed by atoms with van der Waals surface area (Å²) in [6, 6.07) is 8.38. The predicted octanol–water partition coefficient (Wildman–Crippen LogP) is 0.972. The van der Waals surface area contributed by atoms with Gasteiger partial charge in [0.15, 0.2) is 0 Å². The number of rotatable bonds is 5. The minimum atomic E-state index is -2.66. The fourth-order valence-electron chi connectivity index (χ4n) is 4.17. The van der Waals surface area contributed by atoms with E-state index in [0.29, 0.717) is 25.3 Å². The van der Waals surface area contributed by atoms with E-state index >= 15 is 0 Å². The van der Waals surface area contributed by atoms with Crippen LogP contribution in [0.5, 0.6) is 0 Å². The number of likely N-dealkylation sites (N-methyl/N-ethyl adjacent to an activating group) is 1. The Morgan fingerprint density at radius 2 is 2.06 bits per heavy atom. The van der Waals surface area contributed by atoms with Gasteiger partial charge in [0.25, 0.3) is 17.7 Å². The molecule has 3 heterocycles. The zero-order chi connectivity index (χ0) is 22.5. The molecule has 2 N–H and O–H groups in total. The molecular weight excluding hydrogens is 420 g/mol. The van der Waals surface area contributed by atoms with Crippen molar-refractivity contribution in [3.63, 3.8) is 0 Å². The van der Waals surface area contributed by atoms with Crippen molar-refractivity contribution in [1.82, 2.24) is 35.4 Å². The standard InChI is InChI=1S/C21H23F2N7O2/c1-28-17-9-16(14-10-21(14,22)23)26-30(17)8-7-15(20(28)32)25-19(31)18-24-12-29(27-18)11-13-5-3-2-4-6-13/h2-6,9,12,14-16,26H,7-8,10-11H2,1H3,(H,25,31)/t14?,15-,16?/m1/s1. The van der Waals surface area contributed by atoms with Crippen LogP contribution in [0.4, 0.5) is 8.78 Å². The molecule has 1 aliphatic carbocycles. The molecule has 11 heteroatoms. The number of carbonyl (C=O) groups is 2. The number of alkyl halides is 2. The first-order valence-electron chi connectivity index (χ1n) is 10.5. The van der Waals surface area contributed by atoms with Crippen molar-refractivity contribution in [2.45, 2.75) is 37.4 Å². The van der Waals surface area contributed by atoms with E-state index in [1.807, 2.05) is 30.3 Å². The van der Waals surface area contributed by atoms with E-state index in [2.05, 4.69) is 20.8 Å². The molecule has 1 saturated heterocycles. The quantitative estimate of drug-likeness (QED) is 0.715. The van der Waals surface area contributed by atoms with Crippen LogP contribution in [0.1, 0.15) is 29.0 Å². The fourth-order valence-corrected chi connectivity index (χ4v) is 4.17. The lowest BCUT2D eigenvalue weighted by Crippen LogP contribution is -2.46. The smallest absolute Gasteiger partial charge is 0.291 e. The average Bonchev–Trinajstić information content (AvgIpc) is 3.12. The first kappa shape index (κ1) is 20.6. The second-order valence-corrected chi connectivity index (χ2v) is 8.37. The zero-order valence-corrected chi connectivity index (χ0v) is 17.4. The molecule has 2 aromatic rings. The van der Waals surface area contributed by atoms with Crippen molar-refractivity contribution in [2.24, 2.45) is 5.92 Å². The average molecular weight is 443 g/mol. The van der Waals surface area contributed by atoms with Gasteiger partial charge in [-0.25, -0.2) is 23.9 Å². The van der Waals surface area contributed by atoms with Crippen molar-refractivity contribution in [3.05, 3.63) is 59.9 Å². The summed E-state index contributed by atoms with van der Waals surface area (Å²) in [7, 11) is 1.58. The van der Waals surface area contributed by atoms with Crippen molar-refractivity contribution >= 4 is 11.8 Å². The van der Waals surface area contributed by atoms with Gasteiger partial charge in [-0.15, -0.1) is 5.10 Å². The van der Waals surface area contributed by atoms with Crippen molar-refractivity contribution in [3.8, 4) is 0 Å². The number of nitrogens with one attached hydrogen (secondary N) is 2. The van der Waals surface area contributed by atoms with Crippen LogP contribution < -0.4 is 10.7 Å². The summed E-state index contributed by atoms with van der Waals surface area (Å²) in [6.07, 6.45) is 3.31. The molecule has 1 aromatic carbocycles. The van der Waals surface area contributed by atoms with Gasteiger partial charge >= 0.3 is 0 Å². The van der Waals surface area contributed by atoms with E-state index in [-0.39, 0.29) is 18.2 Å². The maximum atomic E-state index is 13.4. The van der Waals surface area contributed by atoms with Gasteiger partial charge in [0.05, 0.1) is 12.6 Å². The van der Waals surface area contributed by atoms with Crippen molar-refractivity contribution in [1.29, 1.82) is 0 Å². The monoisotopic (exact) mass is 443 g/mol. The minimum Gasteiger partial charge on any atom is -0.337 e. The molecule has 32 heavy (non-hydrogen) atoms. The van der Waals surface area contributed by atoms with Crippen LogP contribution in [0.15, 0.2) is 48.6 Å². The third-order valence-corrected chi connectivity index (χ3v) is 6.06. The Morgan fingerprint density at radius 3 is 2.78 bits per heavy atom. The number of amides is 2. The Bertz CT molecular complexity index is 1070. The third-order valence-electron chi connectivity index (χ3n) is 6.06. The Balaban J connectivity index is 1.23. The minimum absolute atomic E-state index is 0.0190. The first-order valence-corrected chi connectivity index (χ1v) is 10.5. The first-order chi connectivity index (χ1) is 15.3. The van der Waals surface area contributed by atoms with Gasteiger partial charge in [-0.2, -0.15) is 0 Å². The lowest BCUT2D eigenvalue weighted by Gasteiger charge is -2.25. The zero-order valence-electron chi connectivity index (χ0n) is 17.4. The second kappa shape index (κ2) is 7.66. The Morgan fingerprint density at radius 1 is 1.31 bits per heavy atom. The number of fused-ring (bicyclic) bond motifs is 1. The number of halogens is 2. The molecule has 3 aliphatic rings. The number of hydrogen-bond donors (Lipinski definition) is 2. The number of nitrogens with zero attached hydrogens (tertiary/aromatic N) is 5. The third kappa shape index (κ3) is 3.83. The normalized spacial score (nSPS) is 26.4. The van der Waals surface area contributed by atoms with Gasteiger partial charge < -0.3 is 5.32 Å². The van der Waals surface area contributed by atoms with Crippen molar-refractivity contribution in [2.75, 3.05) is 13.6 Å². The van der Waals surface area contributed by atoms with Gasteiger partial charge in [-0.1, -0.05) is 30.3 Å². The van der Waals surface area contributed by atoms with Crippen LogP contribution in [0.25, 0.3) is 0 Å². The highest BCUT2D eigenvalue weighted by Gasteiger charge is 2.61. The molecule has 0 radical (unpaired) electrons. The lowest BCUT2D eigenvalue weighted by molar-refractivity contribution is -0.130. The van der Waals surface area contributed by atoms with Crippen LogP contribution in [0, 0.1) is 5.92 Å². The van der Waals surface area contributed by atoms with E-state index in [4.69, 9.17) is 0 Å². The molecule has 2 aliphatic heterocycles. The van der Waals surface area contributed by atoms with Crippen LogP contribution in [0.2, 0.25) is 0 Å². The van der Waals surface area contributed by atoms with Crippen LogP contribution in [-0.4, -0.2) is 68.1 Å². The molecule has 9 nitrogen and oxygen atoms in total. The van der Waals surface area contributed by atoms with Crippen molar-refractivity contribution < 1.29 is 18.4 Å². The summed E-state index contributed by atoms with van der Waals surface area (Å²) in [6.45, 7) is 0.861. The predicted molar refractivity (Wildman–Crippen MR) is 109 cm³/mol. The number of benzene rings is 1. The van der Waals surface area contributed by atoms with Crippen LogP contribution in [-0.2, 0) is 11.3 Å². The SMILES string of the molecule is CN1C(=O)[C@H](NC(=O)c2ncn(Cc3ccccc3)n2)CCN2NC(C3CC3(F)F)C=C21. The van der Waals surface area contributed by atoms with Gasteiger partial charge in [-0.05, 0) is 18.1 Å². The number of hydrazine groups is 1. The van der Waals surface area contributed by atoms with E-state index in [1.54, 1.807) is 22.8 Å². The molecule has 1 aromatic heterocycles. The van der Waals surface area contributed by atoms with Crippen LogP contribution >= 0.6 is 0 Å². The molecular formula is C21H23F2N7O2. The molecule has 5 rings (SSSR count). The van der Waals surface area contributed by atoms with Gasteiger partial charge in [0, 0.05) is 25.9 Å². The molecule has 2 fully saturated rings. The number of hydrogen-bond acceptors (Lipinski definition) is 6.